The van der Waals surface area contributed by atoms with Crippen molar-refractivity contribution in [2.45, 2.75) is 6.61 Å². The third kappa shape index (κ3) is 4.62. The Hall–Kier alpha value is -3.03. The first-order valence-electron chi connectivity index (χ1n) is 8.13. The fourth-order valence-electron chi connectivity index (χ4n) is 2.43. The molecule has 3 aromatic rings. The van der Waals surface area contributed by atoms with E-state index in [0.717, 1.165) is 16.9 Å². The summed E-state index contributed by atoms with van der Waals surface area (Å²) in [5.74, 6) is -1.94. The Balaban J connectivity index is 1.80. The average Bonchev–Trinajstić information content (AvgIpc) is 3.02. The number of benzene rings is 2. The molecule has 0 unspecified atom stereocenters. The highest BCUT2D eigenvalue weighted by Gasteiger charge is 2.24. The lowest BCUT2D eigenvalue weighted by atomic mass is 10.2. The van der Waals surface area contributed by atoms with Gasteiger partial charge in [0, 0.05) is 0 Å². The summed E-state index contributed by atoms with van der Waals surface area (Å²) in [6, 6.07) is 16.8. The monoisotopic (exact) mass is 418 g/mol. The molecule has 2 N–H and O–H groups in total. The second-order valence-corrected chi connectivity index (χ2v) is 7.09. The molecule has 0 spiro atoms. The molecule has 0 bridgehead atoms. The van der Waals surface area contributed by atoms with Crippen molar-refractivity contribution in [1.29, 1.82) is 0 Å². The maximum atomic E-state index is 11.4. The summed E-state index contributed by atoms with van der Waals surface area (Å²) in [5, 5.41) is 18.2. The van der Waals surface area contributed by atoms with Crippen molar-refractivity contribution in [3.63, 3.8) is 0 Å². The molecule has 0 amide bonds. The second kappa shape index (κ2) is 8.77. The Bertz CT molecular complexity index is 982. The van der Waals surface area contributed by atoms with Crippen molar-refractivity contribution in [3.8, 4) is 21.9 Å². The standard InChI is InChI=1S/C20H15ClO6S/c21-16-17(27-11-15(22)23)19(20(24)25)28-18(16)13-6-8-14(9-7-13)26-10-12-4-2-1-3-5-12/h1-9H,10-11H2,(H,22,23)(H,24,25). The van der Waals surface area contributed by atoms with Crippen molar-refractivity contribution in [2.24, 2.45) is 0 Å². The molecule has 6 nitrogen and oxygen atoms in total. The van der Waals surface area contributed by atoms with Gasteiger partial charge in [-0.1, -0.05) is 41.9 Å². The van der Waals surface area contributed by atoms with E-state index in [2.05, 4.69) is 0 Å². The molecule has 3 rings (SSSR count). The number of carboxylic acid groups (broad SMARTS) is 2. The minimum atomic E-state index is -1.23. The van der Waals surface area contributed by atoms with Crippen LogP contribution in [0.1, 0.15) is 15.2 Å². The Labute approximate surface area is 169 Å². The minimum absolute atomic E-state index is 0.0709. The molecule has 1 aromatic heterocycles. The molecular formula is C20H15ClO6S. The van der Waals surface area contributed by atoms with Gasteiger partial charge in [0.15, 0.2) is 17.2 Å². The van der Waals surface area contributed by atoms with Crippen LogP contribution in [0.5, 0.6) is 11.5 Å². The third-order valence-electron chi connectivity index (χ3n) is 3.71. The SMILES string of the molecule is O=C(O)COc1c(C(=O)O)sc(-c2ccc(OCc3ccccc3)cc2)c1Cl. The summed E-state index contributed by atoms with van der Waals surface area (Å²) in [4.78, 5) is 22.5. The molecule has 0 saturated heterocycles. The van der Waals surface area contributed by atoms with Gasteiger partial charge in [-0.05, 0) is 35.4 Å². The van der Waals surface area contributed by atoms with Crippen LogP contribution in [0.15, 0.2) is 54.6 Å². The van der Waals surface area contributed by atoms with Gasteiger partial charge in [0.2, 0.25) is 0 Å². The second-order valence-electron chi connectivity index (χ2n) is 5.69. The van der Waals surface area contributed by atoms with Gasteiger partial charge in [0.05, 0.1) is 4.88 Å². The molecule has 0 aliphatic carbocycles. The number of carbonyl (C=O) groups is 2. The Morgan fingerprint density at radius 2 is 1.64 bits per heavy atom. The van der Waals surface area contributed by atoms with Crippen molar-refractivity contribution >= 4 is 34.9 Å². The van der Waals surface area contributed by atoms with Crippen LogP contribution in [0.2, 0.25) is 5.02 Å². The quantitative estimate of drug-likeness (QED) is 0.545. The summed E-state index contributed by atoms with van der Waals surface area (Å²) in [6.07, 6.45) is 0. The van der Waals surface area contributed by atoms with Gasteiger partial charge in [-0.2, -0.15) is 0 Å². The number of ether oxygens (including phenoxy) is 2. The van der Waals surface area contributed by atoms with Crippen molar-refractivity contribution in [3.05, 3.63) is 70.1 Å². The number of hydrogen-bond acceptors (Lipinski definition) is 5. The maximum absolute atomic E-state index is 11.4. The highest BCUT2D eigenvalue weighted by Crippen LogP contribution is 2.45. The van der Waals surface area contributed by atoms with Crippen LogP contribution in [-0.2, 0) is 11.4 Å². The molecule has 0 fully saturated rings. The van der Waals surface area contributed by atoms with Crippen LogP contribution in [0.25, 0.3) is 10.4 Å². The fourth-order valence-corrected chi connectivity index (χ4v) is 3.84. The van der Waals surface area contributed by atoms with E-state index >= 15 is 0 Å². The largest absolute Gasteiger partial charge is 0.489 e. The van der Waals surface area contributed by atoms with Crippen molar-refractivity contribution in [1.82, 2.24) is 0 Å². The fraction of sp³-hybridized carbons (Fsp3) is 0.100. The summed E-state index contributed by atoms with van der Waals surface area (Å²) in [7, 11) is 0. The van der Waals surface area contributed by atoms with E-state index in [1.165, 1.54) is 0 Å². The highest BCUT2D eigenvalue weighted by atomic mass is 35.5. The molecule has 0 atom stereocenters. The van der Waals surface area contributed by atoms with Gasteiger partial charge in [-0.15, -0.1) is 11.3 Å². The third-order valence-corrected chi connectivity index (χ3v) is 5.39. The summed E-state index contributed by atoms with van der Waals surface area (Å²) in [6.45, 7) is -0.251. The van der Waals surface area contributed by atoms with Gasteiger partial charge < -0.3 is 19.7 Å². The molecule has 0 aliphatic rings. The summed E-state index contributed by atoms with van der Waals surface area (Å²) in [5.41, 5.74) is 1.72. The Kier molecular flexibility index (Phi) is 6.18. The van der Waals surface area contributed by atoms with E-state index in [1.54, 1.807) is 24.3 Å². The van der Waals surface area contributed by atoms with Gasteiger partial charge in [0.25, 0.3) is 0 Å². The summed E-state index contributed by atoms with van der Waals surface area (Å²) >= 11 is 7.20. The van der Waals surface area contributed by atoms with E-state index in [9.17, 15) is 14.7 Å². The van der Waals surface area contributed by atoms with Gasteiger partial charge >= 0.3 is 11.9 Å². The normalized spacial score (nSPS) is 10.5. The van der Waals surface area contributed by atoms with E-state index in [1.807, 2.05) is 30.3 Å². The van der Waals surface area contributed by atoms with E-state index in [-0.39, 0.29) is 15.6 Å². The van der Waals surface area contributed by atoms with Crippen LogP contribution in [-0.4, -0.2) is 28.8 Å². The molecule has 1 heterocycles. The Morgan fingerprint density at radius 1 is 0.964 bits per heavy atom. The molecule has 0 saturated carbocycles. The predicted octanol–water partition coefficient (Wildman–Crippen LogP) is 4.81. The number of aliphatic carboxylic acids is 1. The molecule has 0 aliphatic heterocycles. The van der Waals surface area contributed by atoms with Crippen molar-refractivity contribution < 1.29 is 29.3 Å². The lowest BCUT2D eigenvalue weighted by Crippen LogP contribution is -2.10. The zero-order chi connectivity index (χ0) is 20.1. The first kappa shape index (κ1) is 19.7. The number of rotatable bonds is 8. The lowest BCUT2D eigenvalue weighted by Gasteiger charge is -2.07. The molecule has 8 heteroatoms. The molecule has 144 valence electrons. The van der Waals surface area contributed by atoms with E-state index in [0.29, 0.717) is 22.8 Å². The van der Waals surface area contributed by atoms with Crippen LogP contribution in [0, 0.1) is 0 Å². The molecule has 0 radical (unpaired) electrons. The number of halogens is 1. The number of carboxylic acids is 2. The average molecular weight is 419 g/mol. The smallest absolute Gasteiger partial charge is 0.349 e. The van der Waals surface area contributed by atoms with E-state index in [4.69, 9.17) is 26.2 Å². The minimum Gasteiger partial charge on any atom is -0.489 e. The van der Waals surface area contributed by atoms with Gasteiger partial charge in [-0.3, -0.25) is 0 Å². The molecule has 2 aromatic carbocycles. The Morgan fingerprint density at radius 3 is 2.25 bits per heavy atom. The molecular weight excluding hydrogens is 404 g/mol. The lowest BCUT2D eigenvalue weighted by molar-refractivity contribution is -0.139. The molecule has 28 heavy (non-hydrogen) atoms. The van der Waals surface area contributed by atoms with Crippen molar-refractivity contribution in [2.75, 3.05) is 6.61 Å². The maximum Gasteiger partial charge on any atom is 0.349 e. The van der Waals surface area contributed by atoms with Crippen LogP contribution >= 0.6 is 22.9 Å². The summed E-state index contributed by atoms with van der Waals surface area (Å²) < 4.78 is 10.8. The predicted molar refractivity (Wildman–Crippen MR) is 106 cm³/mol. The van der Waals surface area contributed by atoms with Gasteiger partial charge in [0.1, 0.15) is 17.4 Å². The first-order valence-corrected chi connectivity index (χ1v) is 9.32. The van der Waals surface area contributed by atoms with Crippen LogP contribution < -0.4 is 9.47 Å². The highest BCUT2D eigenvalue weighted by molar-refractivity contribution is 7.18. The van der Waals surface area contributed by atoms with E-state index < -0.39 is 18.5 Å². The van der Waals surface area contributed by atoms with Crippen LogP contribution in [0.3, 0.4) is 0 Å². The number of aromatic carboxylic acids is 1. The topological polar surface area (TPSA) is 93.1 Å². The zero-order valence-electron chi connectivity index (χ0n) is 14.4. The van der Waals surface area contributed by atoms with Crippen LogP contribution in [0.4, 0.5) is 0 Å². The first-order chi connectivity index (χ1) is 13.5. The number of hydrogen-bond donors (Lipinski definition) is 2. The zero-order valence-corrected chi connectivity index (χ0v) is 16.0. The van der Waals surface area contributed by atoms with Gasteiger partial charge in [-0.25, -0.2) is 9.59 Å². The number of thiophene rings is 1.